The number of quaternary nitrogens is 1. The average molecular weight is 323 g/mol. The van der Waals surface area contributed by atoms with E-state index in [9.17, 15) is 13.2 Å². The molecule has 0 aliphatic carbocycles. The first-order chi connectivity index (χ1) is 9.25. The first-order valence-electron chi connectivity index (χ1n) is 7.29. The predicted octanol–water partition coefficient (Wildman–Crippen LogP) is 1.14. The first kappa shape index (κ1) is 20.3. The molecule has 1 amide bonds. The summed E-state index contributed by atoms with van der Waals surface area (Å²) in [4.78, 5) is 12.0. The summed E-state index contributed by atoms with van der Waals surface area (Å²) in [7, 11) is 0.0632. The van der Waals surface area contributed by atoms with Crippen LogP contribution >= 0.6 is 0 Å². The third-order valence-electron chi connectivity index (χ3n) is 3.87. The van der Waals surface area contributed by atoms with Gasteiger partial charge in [0.05, 0.1) is 39.5 Å². The van der Waals surface area contributed by atoms with Crippen molar-refractivity contribution in [1.82, 2.24) is 5.32 Å². The summed E-state index contributed by atoms with van der Waals surface area (Å²) in [5, 5.41) is 2.93. The lowest BCUT2D eigenvalue weighted by Gasteiger charge is -2.31. The van der Waals surface area contributed by atoms with Crippen molar-refractivity contribution >= 4 is 16.0 Å². The third kappa shape index (κ3) is 9.82. The monoisotopic (exact) mass is 323 g/mol. The number of hydrogen-bond donors (Lipinski definition) is 2. The number of rotatable bonds is 8. The Bertz CT molecular complexity index is 438. The lowest BCUT2D eigenvalue weighted by molar-refractivity contribution is -0.889. The van der Waals surface area contributed by atoms with Crippen LogP contribution in [0.3, 0.4) is 0 Å². The van der Waals surface area contributed by atoms with E-state index in [0.717, 1.165) is 0 Å². The molecule has 1 atom stereocenters. The number of nitrogens with zero attached hydrogens (tertiary/aromatic N) is 1. The Morgan fingerprint density at radius 3 is 2.19 bits per heavy atom. The molecular weight excluding hydrogens is 292 g/mol. The molecule has 0 bridgehead atoms. The standard InChI is InChI=1S/C14H30N2O4S/c1-12(14(2,3)4)13(17)15-8-10-16(5,6)9-7-11-21(18,19)20/h12H,7-11H2,1-6H3,(H-,15,17,18,19,20)/p+1. The molecule has 21 heavy (non-hydrogen) atoms. The third-order valence-corrected chi connectivity index (χ3v) is 4.68. The fourth-order valence-corrected chi connectivity index (χ4v) is 2.31. The number of nitrogens with one attached hydrogen (secondary N) is 1. The maximum atomic E-state index is 12.0. The Hall–Kier alpha value is -0.660. The number of likely N-dealkylation sites (N-methyl/N-ethyl adjacent to an activating group) is 1. The second kappa shape index (κ2) is 7.56. The molecule has 0 saturated carbocycles. The van der Waals surface area contributed by atoms with Gasteiger partial charge in [0.1, 0.15) is 0 Å². The van der Waals surface area contributed by atoms with Crippen molar-refractivity contribution in [2.45, 2.75) is 34.1 Å². The van der Waals surface area contributed by atoms with Crippen LogP contribution in [0.1, 0.15) is 34.1 Å². The van der Waals surface area contributed by atoms with Crippen LogP contribution in [0.2, 0.25) is 0 Å². The van der Waals surface area contributed by atoms with Gasteiger partial charge in [0.15, 0.2) is 0 Å². The van der Waals surface area contributed by atoms with Crippen molar-refractivity contribution in [1.29, 1.82) is 0 Å². The number of carbonyl (C=O) groups is 1. The molecule has 2 N–H and O–H groups in total. The van der Waals surface area contributed by atoms with Gasteiger partial charge in [-0.25, -0.2) is 0 Å². The van der Waals surface area contributed by atoms with E-state index in [1.165, 1.54) is 0 Å². The van der Waals surface area contributed by atoms with E-state index in [1.807, 2.05) is 41.8 Å². The van der Waals surface area contributed by atoms with E-state index < -0.39 is 10.1 Å². The molecule has 0 radical (unpaired) electrons. The van der Waals surface area contributed by atoms with Gasteiger partial charge in [0.2, 0.25) is 5.91 Å². The van der Waals surface area contributed by atoms with Crippen molar-refractivity contribution in [2.24, 2.45) is 11.3 Å². The van der Waals surface area contributed by atoms with Crippen molar-refractivity contribution in [2.75, 3.05) is 39.5 Å². The molecule has 0 fully saturated rings. The average Bonchev–Trinajstić information content (AvgIpc) is 2.23. The zero-order valence-corrected chi connectivity index (χ0v) is 15.0. The van der Waals surface area contributed by atoms with Crippen molar-refractivity contribution < 1.29 is 22.2 Å². The highest BCUT2D eigenvalue weighted by Gasteiger charge is 2.27. The number of amides is 1. The van der Waals surface area contributed by atoms with Gasteiger partial charge in [-0.15, -0.1) is 0 Å². The topological polar surface area (TPSA) is 83.5 Å². The second-order valence-electron chi connectivity index (χ2n) is 7.40. The number of hydrogen-bond acceptors (Lipinski definition) is 3. The molecule has 0 aromatic rings. The van der Waals surface area contributed by atoms with Crippen LogP contribution < -0.4 is 5.32 Å². The van der Waals surface area contributed by atoms with Gasteiger partial charge in [-0.2, -0.15) is 8.42 Å². The lowest BCUT2D eigenvalue weighted by atomic mass is 9.81. The smallest absolute Gasteiger partial charge is 0.265 e. The Morgan fingerprint density at radius 1 is 1.24 bits per heavy atom. The van der Waals surface area contributed by atoms with Gasteiger partial charge in [-0.1, -0.05) is 27.7 Å². The van der Waals surface area contributed by atoms with Crippen molar-refractivity contribution in [3.63, 3.8) is 0 Å². The molecule has 126 valence electrons. The molecule has 1 unspecified atom stereocenters. The van der Waals surface area contributed by atoms with Gasteiger partial charge in [-0.05, 0) is 5.41 Å². The summed E-state index contributed by atoms with van der Waals surface area (Å²) in [5.41, 5.74) is -0.0655. The van der Waals surface area contributed by atoms with Gasteiger partial charge in [-0.3, -0.25) is 9.35 Å². The maximum Gasteiger partial charge on any atom is 0.265 e. The highest BCUT2D eigenvalue weighted by Crippen LogP contribution is 2.25. The SMILES string of the molecule is CC(C(=O)NCC[N+](C)(C)CCCS(=O)(=O)O)C(C)(C)C. The minimum Gasteiger partial charge on any atom is -0.350 e. The molecule has 0 aromatic heterocycles. The summed E-state index contributed by atoms with van der Waals surface area (Å²) < 4.78 is 30.7. The van der Waals surface area contributed by atoms with E-state index in [4.69, 9.17) is 4.55 Å². The van der Waals surface area contributed by atoms with E-state index in [2.05, 4.69) is 5.32 Å². The molecule has 0 aliphatic heterocycles. The molecule has 0 saturated heterocycles. The minimum absolute atomic E-state index is 0.0421. The Balaban J connectivity index is 4.12. The van der Waals surface area contributed by atoms with Crippen LogP contribution in [0.4, 0.5) is 0 Å². The summed E-state index contributed by atoms with van der Waals surface area (Å²) in [5.74, 6) is -0.240. The molecule has 0 aliphatic rings. The maximum absolute atomic E-state index is 12.0. The van der Waals surface area contributed by atoms with Crippen molar-refractivity contribution in [3.05, 3.63) is 0 Å². The van der Waals surface area contributed by atoms with Gasteiger partial charge in [0.25, 0.3) is 10.1 Å². The highest BCUT2D eigenvalue weighted by atomic mass is 32.2. The zero-order chi connectivity index (χ0) is 16.9. The molecule has 7 heteroatoms. The van der Waals surface area contributed by atoms with Crippen molar-refractivity contribution in [3.8, 4) is 0 Å². The molecular formula is C14H31N2O4S+. The summed E-state index contributed by atoms with van der Waals surface area (Å²) in [6, 6.07) is 0. The van der Waals surface area contributed by atoms with Crippen LogP contribution in [-0.2, 0) is 14.9 Å². The van der Waals surface area contributed by atoms with E-state index in [-0.39, 0.29) is 23.0 Å². The van der Waals surface area contributed by atoms with Crippen LogP contribution in [0, 0.1) is 11.3 Å². The van der Waals surface area contributed by atoms with Crippen LogP contribution in [0.15, 0.2) is 0 Å². The zero-order valence-electron chi connectivity index (χ0n) is 14.1. The normalized spacial score (nSPS) is 14.8. The largest absolute Gasteiger partial charge is 0.350 e. The fourth-order valence-electron chi connectivity index (χ4n) is 1.81. The van der Waals surface area contributed by atoms with Crippen LogP contribution in [0.5, 0.6) is 0 Å². The Labute approximate surface area is 129 Å². The van der Waals surface area contributed by atoms with Gasteiger partial charge in [0, 0.05) is 12.3 Å². The quantitative estimate of drug-likeness (QED) is 0.518. The lowest BCUT2D eigenvalue weighted by Crippen LogP contribution is -2.47. The summed E-state index contributed by atoms with van der Waals surface area (Å²) in [6.07, 6.45) is 0.401. The Morgan fingerprint density at radius 2 is 1.76 bits per heavy atom. The fraction of sp³-hybridized carbons (Fsp3) is 0.929. The van der Waals surface area contributed by atoms with Gasteiger partial charge >= 0.3 is 0 Å². The van der Waals surface area contributed by atoms with E-state index in [1.54, 1.807) is 0 Å². The second-order valence-corrected chi connectivity index (χ2v) is 8.97. The van der Waals surface area contributed by atoms with E-state index >= 15 is 0 Å². The minimum atomic E-state index is -3.89. The summed E-state index contributed by atoms with van der Waals surface area (Å²) in [6.45, 7) is 9.92. The highest BCUT2D eigenvalue weighted by molar-refractivity contribution is 7.85. The van der Waals surface area contributed by atoms with E-state index in [0.29, 0.717) is 30.5 Å². The molecule has 0 rings (SSSR count). The van der Waals surface area contributed by atoms with Crippen LogP contribution in [-0.4, -0.2) is 62.8 Å². The molecule has 0 heterocycles. The number of carbonyl (C=O) groups excluding carboxylic acids is 1. The van der Waals surface area contributed by atoms with Crippen LogP contribution in [0.25, 0.3) is 0 Å². The first-order valence-corrected chi connectivity index (χ1v) is 8.90. The molecule has 0 spiro atoms. The summed E-state index contributed by atoms with van der Waals surface area (Å²) >= 11 is 0. The Kier molecular flexibility index (Phi) is 7.32. The molecule has 6 nitrogen and oxygen atoms in total. The molecule has 0 aromatic carbocycles. The predicted molar refractivity (Wildman–Crippen MR) is 84.5 cm³/mol. The van der Waals surface area contributed by atoms with Gasteiger partial charge < -0.3 is 9.80 Å².